The van der Waals surface area contributed by atoms with Gasteiger partial charge in [0.15, 0.2) is 0 Å². The lowest BCUT2D eigenvalue weighted by Crippen LogP contribution is -2.15. The van der Waals surface area contributed by atoms with E-state index in [9.17, 15) is 8.42 Å². The van der Waals surface area contributed by atoms with Crippen LogP contribution in [0, 0.1) is 27.7 Å². The lowest BCUT2D eigenvalue weighted by atomic mass is 10.0. The molecule has 3 N–H and O–H groups in total. The van der Waals surface area contributed by atoms with E-state index >= 15 is 0 Å². The van der Waals surface area contributed by atoms with Gasteiger partial charge in [-0.3, -0.25) is 4.98 Å². The van der Waals surface area contributed by atoms with Crippen molar-refractivity contribution in [1.82, 2.24) is 9.97 Å². The average molecular weight is 350 g/mol. The number of nitrogens with zero attached hydrogens (tertiary/aromatic N) is 2. The molecule has 0 saturated carbocycles. The van der Waals surface area contributed by atoms with Gasteiger partial charge in [-0.1, -0.05) is 12.1 Å². The molecule has 1 heterocycles. The normalized spacial score (nSPS) is 11.5. The van der Waals surface area contributed by atoms with Gasteiger partial charge < -0.3 is 5.32 Å². The second kappa shape index (κ2) is 7.25. The number of nitrogens with two attached hydrogens (primary N) is 1. The van der Waals surface area contributed by atoms with Crippen LogP contribution in [-0.4, -0.2) is 24.9 Å². The summed E-state index contributed by atoms with van der Waals surface area (Å²) in [6.07, 6.45) is 2.45. The van der Waals surface area contributed by atoms with Crippen molar-refractivity contribution in [1.29, 1.82) is 0 Å². The Morgan fingerprint density at radius 3 is 2.38 bits per heavy atom. The SMILES string of the molecule is Cc1cnc(C)c(NCCc2cc(C)c(S(=O)(=O)ON)c(C)c2)n1. The summed E-state index contributed by atoms with van der Waals surface area (Å²) < 4.78 is 27.8. The Morgan fingerprint density at radius 2 is 1.79 bits per heavy atom. The molecule has 0 unspecified atom stereocenters. The zero-order valence-corrected chi connectivity index (χ0v) is 15.1. The molecule has 2 aromatic rings. The van der Waals surface area contributed by atoms with E-state index in [0.717, 1.165) is 29.2 Å². The van der Waals surface area contributed by atoms with E-state index in [2.05, 4.69) is 19.6 Å². The first-order valence-corrected chi connectivity index (χ1v) is 8.93. The Morgan fingerprint density at radius 1 is 1.17 bits per heavy atom. The van der Waals surface area contributed by atoms with E-state index in [4.69, 9.17) is 5.90 Å². The van der Waals surface area contributed by atoms with E-state index in [1.54, 1.807) is 20.0 Å². The fourth-order valence-corrected chi connectivity index (χ4v) is 3.66. The Balaban J connectivity index is 2.13. The quantitative estimate of drug-likeness (QED) is 0.767. The maximum atomic E-state index is 11.8. The molecular formula is C16H22N4O3S. The van der Waals surface area contributed by atoms with E-state index in [-0.39, 0.29) is 4.90 Å². The molecule has 8 heteroatoms. The molecule has 0 saturated heterocycles. The van der Waals surface area contributed by atoms with Gasteiger partial charge >= 0.3 is 10.1 Å². The summed E-state index contributed by atoms with van der Waals surface area (Å²) in [6.45, 7) is 7.91. The molecule has 0 bridgehead atoms. The van der Waals surface area contributed by atoms with Crippen molar-refractivity contribution in [2.45, 2.75) is 39.0 Å². The van der Waals surface area contributed by atoms with Gasteiger partial charge in [0.25, 0.3) is 0 Å². The third kappa shape index (κ3) is 4.08. The molecular weight excluding hydrogens is 328 g/mol. The zero-order chi connectivity index (χ0) is 17.9. The molecule has 24 heavy (non-hydrogen) atoms. The monoisotopic (exact) mass is 350 g/mol. The summed E-state index contributed by atoms with van der Waals surface area (Å²) in [5.74, 6) is 5.64. The van der Waals surface area contributed by atoms with Crippen LogP contribution in [0.1, 0.15) is 28.1 Å². The first-order chi connectivity index (χ1) is 11.2. The smallest absolute Gasteiger partial charge is 0.313 e. The number of nitrogens with one attached hydrogen (secondary N) is 1. The molecule has 0 spiro atoms. The summed E-state index contributed by atoms with van der Waals surface area (Å²) >= 11 is 0. The second-order valence-corrected chi connectivity index (χ2v) is 7.24. The van der Waals surface area contributed by atoms with Crippen LogP contribution in [0.25, 0.3) is 0 Å². The molecule has 0 radical (unpaired) electrons. The summed E-state index contributed by atoms with van der Waals surface area (Å²) in [7, 11) is -3.91. The number of aromatic nitrogens is 2. The number of hydrogen-bond donors (Lipinski definition) is 2. The van der Waals surface area contributed by atoms with Crippen molar-refractivity contribution >= 4 is 15.9 Å². The topological polar surface area (TPSA) is 107 Å². The predicted octanol–water partition coefficient (Wildman–Crippen LogP) is 1.94. The lowest BCUT2D eigenvalue weighted by molar-refractivity contribution is 0.332. The summed E-state index contributed by atoms with van der Waals surface area (Å²) in [5.41, 5.74) is 3.94. The molecule has 0 aliphatic heterocycles. The second-order valence-electron chi connectivity index (χ2n) is 5.73. The molecule has 0 atom stereocenters. The van der Waals surface area contributed by atoms with Crippen LogP contribution in [0.15, 0.2) is 23.2 Å². The van der Waals surface area contributed by atoms with Gasteiger partial charge in [-0.25, -0.2) is 4.98 Å². The Labute approximate surface area is 142 Å². The number of aryl methyl sites for hydroxylation is 4. The van der Waals surface area contributed by atoms with Crippen LogP contribution < -0.4 is 11.2 Å². The van der Waals surface area contributed by atoms with Gasteiger partial charge in [0.05, 0.1) is 11.4 Å². The van der Waals surface area contributed by atoms with Crippen molar-refractivity contribution < 1.29 is 12.7 Å². The highest BCUT2D eigenvalue weighted by Crippen LogP contribution is 2.23. The minimum atomic E-state index is -3.91. The average Bonchev–Trinajstić information content (AvgIpc) is 2.50. The van der Waals surface area contributed by atoms with Crippen LogP contribution in [-0.2, 0) is 20.8 Å². The van der Waals surface area contributed by atoms with Crippen LogP contribution in [0.2, 0.25) is 0 Å². The van der Waals surface area contributed by atoms with Crippen LogP contribution in [0.4, 0.5) is 5.82 Å². The first-order valence-electron chi connectivity index (χ1n) is 7.52. The fraction of sp³-hybridized carbons (Fsp3) is 0.375. The highest BCUT2D eigenvalue weighted by molar-refractivity contribution is 7.86. The molecule has 0 aliphatic carbocycles. The number of anilines is 1. The number of rotatable bonds is 6. The number of hydrogen-bond acceptors (Lipinski definition) is 7. The third-order valence-electron chi connectivity index (χ3n) is 3.68. The molecule has 1 aromatic carbocycles. The molecule has 0 fully saturated rings. The van der Waals surface area contributed by atoms with Gasteiger partial charge in [0, 0.05) is 12.7 Å². The maximum absolute atomic E-state index is 11.8. The molecule has 7 nitrogen and oxygen atoms in total. The first kappa shape index (κ1) is 18.3. The standard InChI is InChI=1S/C16H22N4O3S/c1-10-7-14(8-11(2)15(10)24(21,22)23-17)5-6-18-16-13(4)19-9-12(3)20-16/h7-9H,5-6,17H2,1-4H3,(H,18,20). The lowest BCUT2D eigenvalue weighted by Gasteiger charge is -2.13. The zero-order valence-electron chi connectivity index (χ0n) is 14.3. The van der Waals surface area contributed by atoms with Gasteiger partial charge in [-0.05, 0) is 50.8 Å². The minimum absolute atomic E-state index is 0.127. The van der Waals surface area contributed by atoms with Crippen LogP contribution in [0.5, 0.6) is 0 Å². The summed E-state index contributed by atoms with van der Waals surface area (Å²) in [6, 6.07) is 3.66. The van der Waals surface area contributed by atoms with Gasteiger partial charge in [-0.15, -0.1) is 0 Å². The Bertz CT molecular complexity index is 827. The van der Waals surface area contributed by atoms with Crippen molar-refractivity contribution in [3.63, 3.8) is 0 Å². The van der Waals surface area contributed by atoms with E-state index in [0.29, 0.717) is 17.7 Å². The molecule has 0 aliphatic rings. The molecule has 1 aromatic heterocycles. The largest absolute Gasteiger partial charge is 0.368 e. The van der Waals surface area contributed by atoms with Crippen molar-refractivity contribution in [2.24, 2.45) is 5.90 Å². The van der Waals surface area contributed by atoms with Crippen LogP contribution in [0.3, 0.4) is 0 Å². The van der Waals surface area contributed by atoms with E-state index < -0.39 is 10.1 Å². The van der Waals surface area contributed by atoms with Crippen molar-refractivity contribution in [3.05, 3.63) is 46.4 Å². The fourth-order valence-electron chi connectivity index (χ4n) is 2.66. The highest BCUT2D eigenvalue weighted by atomic mass is 32.2. The maximum Gasteiger partial charge on any atom is 0.313 e. The van der Waals surface area contributed by atoms with Crippen molar-refractivity contribution in [2.75, 3.05) is 11.9 Å². The van der Waals surface area contributed by atoms with Gasteiger partial charge in [0.1, 0.15) is 10.7 Å². The van der Waals surface area contributed by atoms with Gasteiger partial charge in [0.2, 0.25) is 0 Å². The van der Waals surface area contributed by atoms with Crippen LogP contribution >= 0.6 is 0 Å². The Hall–Kier alpha value is -2.03. The predicted molar refractivity (Wildman–Crippen MR) is 92.1 cm³/mol. The summed E-state index contributed by atoms with van der Waals surface area (Å²) in [4.78, 5) is 8.80. The number of benzene rings is 1. The Kier molecular flexibility index (Phi) is 5.53. The minimum Gasteiger partial charge on any atom is -0.368 e. The molecule has 130 valence electrons. The summed E-state index contributed by atoms with van der Waals surface area (Å²) in [5, 5.41) is 3.26. The molecule has 0 amide bonds. The van der Waals surface area contributed by atoms with E-state index in [1.807, 2.05) is 26.0 Å². The van der Waals surface area contributed by atoms with E-state index in [1.165, 1.54) is 0 Å². The van der Waals surface area contributed by atoms with Gasteiger partial charge in [-0.2, -0.15) is 18.6 Å². The highest BCUT2D eigenvalue weighted by Gasteiger charge is 2.20. The van der Waals surface area contributed by atoms with Crippen molar-refractivity contribution in [3.8, 4) is 0 Å². The molecule has 2 rings (SSSR count). The third-order valence-corrected chi connectivity index (χ3v) is 5.08.